The van der Waals surface area contributed by atoms with Gasteiger partial charge in [-0.05, 0) is 79.5 Å². The Morgan fingerprint density at radius 1 is 0.962 bits per heavy atom. The number of aromatic nitrogens is 8. The van der Waals surface area contributed by atoms with Crippen LogP contribution in [-0.2, 0) is 20.9 Å². The summed E-state index contributed by atoms with van der Waals surface area (Å²) in [6.07, 6.45) is 8.55. The summed E-state index contributed by atoms with van der Waals surface area (Å²) in [7, 11) is 1.61. The van der Waals surface area contributed by atoms with Gasteiger partial charge in [0.15, 0.2) is 5.75 Å². The minimum Gasteiger partial charge on any atom is -0.486 e. The van der Waals surface area contributed by atoms with Crippen LogP contribution in [0.2, 0.25) is 10.0 Å². The van der Waals surface area contributed by atoms with Crippen molar-refractivity contribution in [1.29, 1.82) is 0 Å². The van der Waals surface area contributed by atoms with E-state index < -0.39 is 23.9 Å². The van der Waals surface area contributed by atoms with Crippen molar-refractivity contribution in [2.45, 2.75) is 89.9 Å². The largest absolute Gasteiger partial charge is 0.486 e. The first-order valence-corrected chi connectivity index (χ1v) is 26.9. The zero-order valence-electron chi connectivity index (χ0n) is 43.7. The molecular weight excluding hydrogens is 1040 g/mol. The summed E-state index contributed by atoms with van der Waals surface area (Å²) in [5, 5.41) is 35.3. The van der Waals surface area contributed by atoms with Gasteiger partial charge in [-0.1, -0.05) is 90.8 Å². The first-order chi connectivity index (χ1) is 37.8. The van der Waals surface area contributed by atoms with Gasteiger partial charge >= 0.3 is 6.01 Å². The van der Waals surface area contributed by atoms with Crippen molar-refractivity contribution in [3.05, 3.63) is 124 Å². The summed E-state index contributed by atoms with van der Waals surface area (Å²) >= 11 is 13.8. The first-order valence-electron chi connectivity index (χ1n) is 26.2. The van der Waals surface area contributed by atoms with Crippen LogP contribution in [0.15, 0.2) is 91.5 Å². The van der Waals surface area contributed by atoms with E-state index in [-0.39, 0.29) is 55.7 Å². The molecule has 4 aromatic heterocycles. The molecule has 2 bridgehead atoms. The number of carbonyl (C=O) groups excluding carboxylic acids is 2. The molecule has 18 nitrogen and oxygen atoms in total. The summed E-state index contributed by atoms with van der Waals surface area (Å²) in [6, 6.07) is 18.5. The monoisotopic (exact) mass is 1100 g/mol. The molecule has 6 atom stereocenters. The Morgan fingerprint density at radius 2 is 1.76 bits per heavy atom. The van der Waals surface area contributed by atoms with Gasteiger partial charge in [-0.3, -0.25) is 19.7 Å². The Morgan fingerprint density at radius 3 is 2.47 bits per heavy atom. The highest BCUT2D eigenvalue weighted by Crippen LogP contribution is 2.49. The maximum absolute atomic E-state index is 15.8. The summed E-state index contributed by atoms with van der Waals surface area (Å²) < 4.78 is 36.0. The van der Waals surface area contributed by atoms with Crippen LogP contribution in [-0.4, -0.2) is 126 Å². The molecule has 0 spiro atoms. The molecule has 4 aromatic carbocycles. The molecular formula is C57H59Cl2FN12O6. The summed E-state index contributed by atoms with van der Waals surface area (Å²) in [4.78, 5) is 46.5. The van der Waals surface area contributed by atoms with Crippen LogP contribution < -0.4 is 25.0 Å². The lowest BCUT2D eigenvalue weighted by Gasteiger charge is -2.30. The molecule has 3 aliphatic rings. The third-order valence-electron chi connectivity index (χ3n) is 15.3. The van der Waals surface area contributed by atoms with Crippen molar-refractivity contribution in [3.63, 3.8) is 0 Å². The molecule has 21 heteroatoms. The second-order valence-electron chi connectivity index (χ2n) is 20.7. The standard InChI is InChI=1S/C57H59Cl2FN12O6/c1-30(2)52(56(75)70-18-6-7-48(70)55(74)64-47(27-73)36-14-12-34(13-15-36)40-23-61-17-16-42(40)58)72-26-46(68-69-72)35-10-8-33(9-11-35)29-77-53-50(49-32(4)44(60)21-45-41(49)24-63-67-45)43(59)20-39-51(53)65-57(78-28-31(3)76-5)66-54(39)71-25-37-19-38(71)22-62-37/h8-17,20-21,23-24,26,30-31,37-38,47-48,52,62,73H,6-7,18-19,22,25,27-29H2,1-5H3,(H,63,67)(H,64,74)/t31-,37?,38?,47?,48?,52?/m0/s1. The third kappa shape index (κ3) is 10.2. The van der Waals surface area contributed by atoms with Crippen molar-refractivity contribution in [2.24, 2.45) is 5.92 Å². The molecule has 0 aliphatic carbocycles. The quantitative estimate of drug-likeness (QED) is 0.0633. The number of ether oxygens (including phenoxy) is 3. The number of fused-ring (bicyclic) bond motifs is 4. The summed E-state index contributed by atoms with van der Waals surface area (Å²) in [6.45, 7) is 9.34. The lowest BCUT2D eigenvalue weighted by molar-refractivity contribution is -0.142. The number of aliphatic hydroxyl groups excluding tert-OH is 1. The van der Waals surface area contributed by atoms with Crippen molar-refractivity contribution < 1.29 is 33.3 Å². The van der Waals surface area contributed by atoms with Crippen LogP contribution >= 0.6 is 23.2 Å². The second kappa shape index (κ2) is 22.2. The maximum Gasteiger partial charge on any atom is 0.319 e. The molecule has 0 radical (unpaired) electrons. The van der Waals surface area contributed by atoms with Gasteiger partial charge in [-0.2, -0.15) is 15.1 Å². The fourth-order valence-electron chi connectivity index (χ4n) is 11.0. The third-order valence-corrected chi connectivity index (χ3v) is 15.9. The van der Waals surface area contributed by atoms with Crippen LogP contribution in [0.5, 0.6) is 11.8 Å². The normalized spacial score (nSPS) is 18.3. The highest BCUT2D eigenvalue weighted by atomic mass is 35.5. The van der Waals surface area contributed by atoms with E-state index >= 15 is 4.39 Å². The highest BCUT2D eigenvalue weighted by Gasteiger charge is 2.41. The van der Waals surface area contributed by atoms with Gasteiger partial charge in [0.25, 0.3) is 0 Å². The van der Waals surface area contributed by atoms with E-state index in [1.807, 2.05) is 75.4 Å². The Labute approximate surface area is 459 Å². The average Bonchev–Trinajstić information content (AvgIpc) is 4.47. The maximum atomic E-state index is 15.8. The number of piperazine rings is 1. The number of nitrogens with zero attached hydrogens (tertiary/aromatic N) is 9. The molecule has 3 saturated heterocycles. The van der Waals surface area contributed by atoms with Crippen molar-refractivity contribution in [1.82, 2.24) is 55.7 Å². The molecule has 2 amide bonds. The molecule has 78 heavy (non-hydrogen) atoms. The van der Waals surface area contributed by atoms with E-state index in [1.165, 1.54) is 6.07 Å². The molecule has 3 fully saturated rings. The highest BCUT2D eigenvalue weighted by molar-refractivity contribution is 6.36. The Bertz CT molecular complexity index is 3530. The van der Waals surface area contributed by atoms with Crippen molar-refractivity contribution in [2.75, 3.05) is 44.9 Å². The molecule has 7 heterocycles. The van der Waals surface area contributed by atoms with E-state index in [0.717, 1.165) is 41.8 Å². The van der Waals surface area contributed by atoms with Gasteiger partial charge in [0.05, 0.1) is 46.7 Å². The van der Waals surface area contributed by atoms with Gasteiger partial charge in [-0.25, -0.2) is 9.07 Å². The zero-order chi connectivity index (χ0) is 54.4. The number of aromatic amines is 1. The van der Waals surface area contributed by atoms with E-state index in [1.54, 1.807) is 54.5 Å². The van der Waals surface area contributed by atoms with E-state index in [0.29, 0.717) is 96.8 Å². The van der Waals surface area contributed by atoms with Gasteiger partial charge in [0.2, 0.25) is 11.8 Å². The zero-order valence-corrected chi connectivity index (χ0v) is 45.2. The lowest BCUT2D eigenvalue weighted by Crippen LogP contribution is -2.50. The van der Waals surface area contributed by atoms with Gasteiger partial charge < -0.3 is 39.8 Å². The minimum atomic E-state index is -0.754. The molecule has 0 saturated carbocycles. The fraction of sp³-hybridized carbons (Fsp3) is 0.368. The van der Waals surface area contributed by atoms with E-state index in [4.69, 9.17) is 47.4 Å². The lowest BCUT2D eigenvalue weighted by atomic mass is 9.94. The average molecular weight is 1100 g/mol. The van der Waals surface area contributed by atoms with Crippen LogP contribution in [0.3, 0.4) is 0 Å². The molecule has 8 aromatic rings. The number of carbonyl (C=O) groups is 2. The van der Waals surface area contributed by atoms with Crippen LogP contribution in [0.1, 0.15) is 68.8 Å². The van der Waals surface area contributed by atoms with Crippen LogP contribution in [0.25, 0.3) is 55.3 Å². The molecule has 404 valence electrons. The number of H-pyrrole nitrogens is 1. The number of hydrogen-bond donors (Lipinski definition) is 4. The van der Waals surface area contributed by atoms with E-state index in [9.17, 15) is 14.7 Å². The van der Waals surface area contributed by atoms with Gasteiger partial charge in [0, 0.05) is 84.2 Å². The number of amides is 2. The Hall–Kier alpha value is -7.29. The SMILES string of the molecule is CO[C@@H](C)COc1nc(N2CC3CC2CN3)c2cc(Cl)c(-c3c(C)c(F)cc4[nH]ncc34)c(OCc3ccc(-c4cn(C(C(=O)N5CCCC5C(=O)NC(CO)c5ccc(-c6cnccc6Cl)cc5)C(C)C)nn4)cc3)c2n1. The van der Waals surface area contributed by atoms with Crippen molar-refractivity contribution >= 4 is 62.6 Å². The predicted molar refractivity (Wildman–Crippen MR) is 295 cm³/mol. The molecule has 4 N–H and O–H groups in total. The summed E-state index contributed by atoms with van der Waals surface area (Å²) in [5.74, 6) is -0.249. The van der Waals surface area contributed by atoms with E-state index in [2.05, 4.69) is 41.0 Å². The number of methoxy groups -OCH3 is 1. The number of aliphatic hydroxyl groups is 1. The number of anilines is 1. The number of rotatable bonds is 18. The molecule has 3 aliphatic heterocycles. The van der Waals surface area contributed by atoms with Gasteiger partial charge in [-0.15, -0.1) is 5.10 Å². The number of benzene rings is 4. The number of pyridine rings is 1. The fourth-order valence-corrected chi connectivity index (χ4v) is 11.5. The summed E-state index contributed by atoms with van der Waals surface area (Å²) in [5.41, 5.74) is 6.67. The smallest absolute Gasteiger partial charge is 0.319 e. The Kier molecular flexibility index (Phi) is 15.0. The first kappa shape index (κ1) is 52.7. The molecule has 11 rings (SSSR count). The number of hydrogen-bond acceptors (Lipinski definition) is 14. The topological polar surface area (TPSA) is 211 Å². The molecule has 5 unspecified atom stereocenters. The number of likely N-dealkylation sites (tertiary alicyclic amines) is 1. The van der Waals surface area contributed by atoms with Crippen LogP contribution in [0, 0.1) is 18.7 Å². The van der Waals surface area contributed by atoms with Gasteiger partial charge in [0.1, 0.15) is 48.1 Å². The number of halogens is 3. The predicted octanol–water partition coefficient (Wildman–Crippen LogP) is 8.83. The number of nitrogens with one attached hydrogen (secondary N) is 3. The van der Waals surface area contributed by atoms with Crippen LogP contribution in [0.4, 0.5) is 10.2 Å². The minimum absolute atomic E-state index is 0.0637. The van der Waals surface area contributed by atoms with Crippen molar-refractivity contribution in [3.8, 4) is 45.3 Å². The second-order valence-corrected chi connectivity index (χ2v) is 21.5. The Balaban J connectivity index is 0.846.